The second kappa shape index (κ2) is 11.8. The highest BCUT2D eigenvalue weighted by atomic mass is 32.2. The molecule has 0 spiro atoms. The Bertz CT molecular complexity index is 1420. The first-order valence-electron chi connectivity index (χ1n) is 12.6. The van der Waals surface area contributed by atoms with Gasteiger partial charge in [0, 0.05) is 48.4 Å². The number of carbonyl (C=O) groups is 1. The van der Waals surface area contributed by atoms with E-state index in [4.69, 9.17) is 20.2 Å². The lowest BCUT2D eigenvalue weighted by atomic mass is 10.0. The number of morpholine rings is 1. The van der Waals surface area contributed by atoms with Crippen molar-refractivity contribution in [2.45, 2.75) is 30.3 Å². The predicted molar refractivity (Wildman–Crippen MR) is 149 cm³/mol. The number of H-pyrrole nitrogens is 1. The number of hydrogen-bond donors (Lipinski definition) is 3. The molecule has 0 radical (unpaired) electrons. The molecule has 1 aliphatic heterocycles. The Labute approximate surface area is 225 Å². The minimum Gasteiger partial charge on any atom is -0.491 e. The van der Waals surface area contributed by atoms with E-state index in [0.717, 1.165) is 66.8 Å². The molecule has 4 aromatic rings. The van der Waals surface area contributed by atoms with Crippen molar-refractivity contribution in [3.63, 3.8) is 0 Å². The highest BCUT2D eigenvalue weighted by molar-refractivity contribution is 7.99. The van der Waals surface area contributed by atoms with Gasteiger partial charge in [-0.1, -0.05) is 0 Å². The Morgan fingerprint density at radius 1 is 1.18 bits per heavy atom. The van der Waals surface area contributed by atoms with Crippen LogP contribution in [0.2, 0.25) is 0 Å². The molecule has 1 amide bonds. The van der Waals surface area contributed by atoms with E-state index in [9.17, 15) is 4.79 Å². The number of nitrogens with one attached hydrogen (secondary N) is 2. The first-order chi connectivity index (χ1) is 18.5. The Kier molecular flexibility index (Phi) is 8.06. The Balaban J connectivity index is 1.42. The number of nitrogen functional groups attached to an aromatic ring is 1. The quantitative estimate of drug-likeness (QED) is 0.215. The largest absolute Gasteiger partial charge is 0.491 e. The van der Waals surface area contributed by atoms with Crippen LogP contribution in [-0.2, 0) is 9.53 Å². The van der Waals surface area contributed by atoms with Gasteiger partial charge in [-0.05, 0) is 67.6 Å². The standard InChI is InChI=1S/C27H31N7O3S/c1-17-16-22(33-32-17)21-8-9-23(37-13-3-10-34-11-14-36-15-12-34)25-24(21)26(28)31-27(30-25)38-20-6-4-19(5-7-20)29-18(2)35/h4-9,16H,3,10-15H2,1-2H3,(H,29,35)(H,32,33)(H2,28,30,31). The summed E-state index contributed by atoms with van der Waals surface area (Å²) in [5.41, 5.74) is 10.5. The number of aryl methyl sites for hydroxylation is 1. The van der Waals surface area contributed by atoms with Crippen molar-refractivity contribution in [1.82, 2.24) is 25.1 Å². The molecule has 1 aliphatic rings. The fourth-order valence-corrected chi connectivity index (χ4v) is 5.13. The highest BCUT2D eigenvalue weighted by Crippen LogP contribution is 2.38. The molecule has 38 heavy (non-hydrogen) atoms. The summed E-state index contributed by atoms with van der Waals surface area (Å²) >= 11 is 1.40. The fourth-order valence-electron chi connectivity index (χ4n) is 4.36. The van der Waals surface area contributed by atoms with Gasteiger partial charge in [0.05, 0.1) is 30.9 Å². The number of benzene rings is 2. The van der Waals surface area contributed by atoms with Gasteiger partial charge in [-0.3, -0.25) is 14.8 Å². The van der Waals surface area contributed by atoms with Crippen LogP contribution >= 0.6 is 11.8 Å². The zero-order valence-electron chi connectivity index (χ0n) is 21.5. The molecule has 1 saturated heterocycles. The first-order valence-corrected chi connectivity index (χ1v) is 13.4. The number of nitrogens with two attached hydrogens (primary N) is 1. The molecule has 1 fully saturated rings. The van der Waals surface area contributed by atoms with Crippen LogP contribution in [0.15, 0.2) is 52.5 Å². The Hall–Kier alpha value is -3.67. The average molecular weight is 534 g/mol. The van der Waals surface area contributed by atoms with Crippen molar-refractivity contribution in [1.29, 1.82) is 0 Å². The van der Waals surface area contributed by atoms with Crippen molar-refractivity contribution in [2.75, 3.05) is 50.5 Å². The molecule has 4 N–H and O–H groups in total. The number of aromatic amines is 1. The van der Waals surface area contributed by atoms with E-state index in [2.05, 4.69) is 25.4 Å². The molecule has 5 rings (SSSR count). The maximum absolute atomic E-state index is 11.3. The Morgan fingerprint density at radius 2 is 1.97 bits per heavy atom. The van der Waals surface area contributed by atoms with Gasteiger partial charge < -0.3 is 20.5 Å². The number of fused-ring (bicyclic) bond motifs is 1. The lowest BCUT2D eigenvalue weighted by molar-refractivity contribution is -0.114. The molecule has 0 aliphatic carbocycles. The van der Waals surface area contributed by atoms with Crippen LogP contribution in [0.4, 0.5) is 11.5 Å². The first kappa shape index (κ1) is 26.0. The zero-order valence-corrected chi connectivity index (χ0v) is 22.3. The molecule has 0 saturated carbocycles. The smallest absolute Gasteiger partial charge is 0.221 e. The third-order valence-corrected chi connectivity index (χ3v) is 7.04. The van der Waals surface area contributed by atoms with Crippen LogP contribution in [0.5, 0.6) is 5.75 Å². The molecule has 0 atom stereocenters. The number of anilines is 2. The fraction of sp³-hybridized carbons (Fsp3) is 0.333. The van der Waals surface area contributed by atoms with Gasteiger partial charge in [0.15, 0.2) is 5.16 Å². The number of nitrogens with zero attached hydrogens (tertiary/aromatic N) is 4. The van der Waals surface area contributed by atoms with Gasteiger partial charge in [0.1, 0.15) is 17.1 Å². The minimum absolute atomic E-state index is 0.114. The van der Waals surface area contributed by atoms with Gasteiger partial charge in [-0.2, -0.15) is 5.10 Å². The number of rotatable bonds is 9. The van der Waals surface area contributed by atoms with Crippen molar-refractivity contribution < 1.29 is 14.3 Å². The van der Waals surface area contributed by atoms with Crippen LogP contribution < -0.4 is 15.8 Å². The lowest BCUT2D eigenvalue weighted by Crippen LogP contribution is -2.37. The second-order valence-electron chi connectivity index (χ2n) is 9.13. The second-order valence-corrected chi connectivity index (χ2v) is 10.2. The summed E-state index contributed by atoms with van der Waals surface area (Å²) in [5, 5.41) is 11.4. The van der Waals surface area contributed by atoms with E-state index in [1.807, 2.05) is 49.4 Å². The summed E-state index contributed by atoms with van der Waals surface area (Å²) in [6, 6.07) is 13.4. The molecule has 2 aromatic carbocycles. The van der Waals surface area contributed by atoms with Crippen molar-refractivity contribution >= 4 is 40.1 Å². The average Bonchev–Trinajstić information content (AvgIpc) is 3.34. The minimum atomic E-state index is -0.114. The molecular weight excluding hydrogens is 502 g/mol. The highest BCUT2D eigenvalue weighted by Gasteiger charge is 2.18. The molecular formula is C27H31N7O3S. The van der Waals surface area contributed by atoms with E-state index in [1.165, 1.54) is 18.7 Å². The van der Waals surface area contributed by atoms with Crippen LogP contribution in [0.25, 0.3) is 22.2 Å². The molecule has 198 valence electrons. The summed E-state index contributed by atoms with van der Waals surface area (Å²) < 4.78 is 11.7. The summed E-state index contributed by atoms with van der Waals surface area (Å²) in [5.74, 6) is 0.910. The normalized spacial score (nSPS) is 14.1. The van der Waals surface area contributed by atoms with Crippen LogP contribution in [0, 0.1) is 6.92 Å². The molecule has 2 aromatic heterocycles. The van der Waals surface area contributed by atoms with Gasteiger partial charge >= 0.3 is 0 Å². The Morgan fingerprint density at radius 3 is 2.68 bits per heavy atom. The third kappa shape index (κ3) is 6.24. The summed E-state index contributed by atoms with van der Waals surface area (Å²) in [7, 11) is 0. The molecule has 11 heteroatoms. The van der Waals surface area contributed by atoms with E-state index >= 15 is 0 Å². The van der Waals surface area contributed by atoms with Gasteiger partial charge in [0.25, 0.3) is 0 Å². The molecule has 10 nitrogen and oxygen atoms in total. The number of carbonyl (C=O) groups excluding carboxylic acids is 1. The third-order valence-electron chi connectivity index (χ3n) is 6.17. The number of amides is 1. The van der Waals surface area contributed by atoms with Crippen molar-refractivity contribution in [3.8, 4) is 17.0 Å². The topological polar surface area (TPSA) is 131 Å². The SMILES string of the molecule is CC(=O)Nc1ccc(Sc2nc(N)c3c(-c4cc(C)[nH]n4)ccc(OCCCN4CCOCC4)c3n2)cc1. The van der Waals surface area contributed by atoms with Gasteiger partial charge in [-0.15, -0.1) is 0 Å². The van der Waals surface area contributed by atoms with Crippen LogP contribution in [0.3, 0.4) is 0 Å². The number of aromatic nitrogens is 4. The predicted octanol–water partition coefficient (Wildman–Crippen LogP) is 4.12. The van der Waals surface area contributed by atoms with E-state index in [1.54, 1.807) is 0 Å². The number of ether oxygens (including phenoxy) is 2. The lowest BCUT2D eigenvalue weighted by Gasteiger charge is -2.26. The van der Waals surface area contributed by atoms with Crippen LogP contribution in [0.1, 0.15) is 19.0 Å². The molecule has 0 bridgehead atoms. The van der Waals surface area contributed by atoms with Crippen LogP contribution in [-0.4, -0.2) is 70.4 Å². The van der Waals surface area contributed by atoms with Gasteiger partial charge in [-0.25, -0.2) is 9.97 Å². The summed E-state index contributed by atoms with van der Waals surface area (Å²) in [6.07, 6.45) is 0.893. The molecule has 0 unspecified atom stereocenters. The zero-order chi connectivity index (χ0) is 26.5. The van der Waals surface area contributed by atoms with E-state index in [-0.39, 0.29) is 5.91 Å². The van der Waals surface area contributed by atoms with Crippen molar-refractivity contribution in [2.24, 2.45) is 0 Å². The molecule has 3 heterocycles. The summed E-state index contributed by atoms with van der Waals surface area (Å²) in [6.45, 7) is 8.43. The summed E-state index contributed by atoms with van der Waals surface area (Å²) in [4.78, 5) is 24.1. The maximum Gasteiger partial charge on any atom is 0.221 e. The van der Waals surface area contributed by atoms with Crippen molar-refractivity contribution in [3.05, 3.63) is 48.2 Å². The maximum atomic E-state index is 11.3. The van der Waals surface area contributed by atoms with E-state index in [0.29, 0.717) is 34.2 Å². The monoisotopic (exact) mass is 533 g/mol. The number of hydrogen-bond acceptors (Lipinski definition) is 9. The van der Waals surface area contributed by atoms with Gasteiger partial charge in [0.2, 0.25) is 5.91 Å². The van der Waals surface area contributed by atoms with E-state index < -0.39 is 0 Å².